The van der Waals surface area contributed by atoms with Crippen LogP contribution in [-0.4, -0.2) is 48.9 Å². The number of nitrogens with one attached hydrogen (secondary N) is 1. The molecule has 3 aromatic rings. The van der Waals surface area contributed by atoms with Crippen LogP contribution in [0.5, 0.6) is 0 Å². The van der Waals surface area contributed by atoms with Crippen molar-refractivity contribution in [2.45, 2.75) is 46.1 Å². The number of hydrogen-bond donors (Lipinski definition) is 1. The molecule has 4 rings (SSSR count). The van der Waals surface area contributed by atoms with Crippen LogP contribution >= 0.6 is 22.7 Å². The number of rotatable bonds is 8. The number of esters is 1. The van der Waals surface area contributed by atoms with Crippen molar-refractivity contribution in [1.82, 2.24) is 4.57 Å². The van der Waals surface area contributed by atoms with Gasteiger partial charge in [-0.15, -0.1) is 17.8 Å². The van der Waals surface area contributed by atoms with E-state index in [1.54, 1.807) is 11.5 Å². The second kappa shape index (κ2) is 11.6. The molecule has 2 amide bonds. The zero-order valence-corrected chi connectivity index (χ0v) is 23.5. The van der Waals surface area contributed by atoms with Gasteiger partial charge < -0.3 is 14.6 Å². The molecule has 0 unspecified atom stereocenters. The number of carbonyl (C=O) groups is 3. The van der Waals surface area contributed by atoms with Gasteiger partial charge in [0.2, 0.25) is 5.91 Å². The molecule has 2 aromatic heterocycles. The van der Waals surface area contributed by atoms with Crippen LogP contribution in [0.3, 0.4) is 0 Å². The first kappa shape index (κ1) is 27.8. The van der Waals surface area contributed by atoms with Gasteiger partial charge >= 0.3 is 5.97 Å². The monoisotopic (exact) mass is 573 g/mol. The maximum Gasteiger partial charge on any atom is 0.341 e. The van der Waals surface area contributed by atoms with Crippen molar-refractivity contribution >= 4 is 65.5 Å². The van der Waals surface area contributed by atoms with Crippen molar-refractivity contribution in [2.24, 2.45) is 4.99 Å². The summed E-state index contributed by atoms with van der Waals surface area (Å²) < 4.78 is 33.1. The number of terminal acetylenes is 1. The summed E-state index contributed by atoms with van der Waals surface area (Å²) in [4.78, 5) is 43.2. The molecule has 2 heterocycles. The van der Waals surface area contributed by atoms with Crippen LogP contribution < -0.4 is 10.1 Å². The molecule has 0 bridgehead atoms. The fourth-order valence-corrected chi connectivity index (χ4v) is 7.78. The highest BCUT2D eigenvalue weighted by Crippen LogP contribution is 2.38. The fraction of sp³-hybridized carbons (Fsp3) is 0.385. The normalized spacial score (nSPS) is 13.7. The Hall–Kier alpha value is -3.27. The van der Waals surface area contributed by atoms with Gasteiger partial charge in [0.25, 0.3) is 5.91 Å². The Morgan fingerprint density at radius 2 is 1.95 bits per heavy atom. The van der Waals surface area contributed by atoms with Crippen LogP contribution in [0, 0.1) is 19.3 Å². The lowest BCUT2D eigenvalue weighted by Gasteiger charge is -2.12. The molecule has 1 aliphatic rings. The number of aromatic nitrogens is 1. The zero-order valence-electron chi connectivity index (χ0n) is 21.0. The van der Waals surface area contributed by atoms with Gasteiger partial charge in [0.1, 0.15) is 16.5 Å². The lowest BCUT2D eigenvalue weighted by molar-refractivity contribution is -0.115. The Balaban J connectivity index is 1.51. The molecule has 1 N–H and O–H groups in total. The molecule has 1 aromatic carbocycles. The number of sulfone groups is 1. The number of anilines is 1. The predicted molar refractivity (Wildman–Crippen MR) is 148 cm³/mol. The molecule has 0 saturated heterocycles. The van der Waals surface area contributed by atoms with Crippen LogP contribution in [0.15, 0.2) is 23.2 Å². The summed E-state index contributed by atoms with van der Waals surface area (Å²) in [5.74, 6) is -1.61. The Kier molecular flexibility index (Phi) is 8.50. The van der Waals surface area contributed by atoms with E-state index in [-0.39, 0.29) is 23.0 Å². The van der Waals surface area contributed by atoms with E-state index in [9.17, 15) is 22.8 Å². The Morgan fingerprint density at radius 1 is 1.18 bits per heavy atom. The van der Waals surface area contributed by atoms with Gasteiger partial charge in [-0.1, -0.05) is 23.3 Å². The average molecular weight is 574 g/mol. The number of thiazole rings is 1. The van der Waals surface area contributed by atoms with Crippen molar-refractivity contribution in [2.75, 3.05) is 23.4 Å². The van der Waals surface area contributed by atoms with Crippen molar-refractivity contribution in [3.05, 3.63) is 44.6 Å². The van der Waals surface area contributed by atoms with E-state index in [0.717, 1.165) is 45.5 Å². The second-order valence-corrected chi connectivity index (χ2v) is 13.0. The lowest BCUT2D eigenvalue weighted by atomic mass is 9.95. The maximum absolute atomic E-state index is 12.7. The number of hydrogen-bond acceptors (Lipinski definition) is 8. The third kappa shape index (κ3) is 6.23. The SMILES string of the molecule is C#CCn1c(=NC(=O)CS(=O)(=O)CC(=O)Nc2sc3c(c2C(=O)OCC)CCCC3)sc2cc(C)ccc21. The third-order valence-electron chi connectivity index (χ3n) is 5.91. The van der Waals surface area contributed by atoms with Crippen LogP contribution in [-0.2, 0) is 43.5 Å². The molecular formula is C26H27N3O6S3. The molecule has 200 valence electrons. The molecule has 38 heavy (non-hydrogen) atoms. The molecule has 1 aliphatic carbocycles. The van der Waals surface area contributed by atoms with Crippen molar-refractivity contribution < 1.29 is 27.5 Å². The Morgan fingerprint density at radius 3 is 2.68 bits per heavy atom. The molecule has 12 heteroatoms. The number of carbonyl (C=O) groups excluding carboxylic acids is 3. The summed E-state index contributed by atoms with van der Waals surface area (Å²) in [5.41, 5.74) is 2.96. The number of ether oxygens (including phenoxy) is 1. The van der Waals surface area contributed by atoms with Crippen LogP contribution in [0.25, 0.3) is 10.2 Å². The number of aryl methyl sites for hydroxylation is 2. The summed E-state index contributed by atoms with van der Waals surface area (Å²) in [6.07, 6.45) is 8.85. The third-order valence-corrected chi connectivity index (χ3v) is 9.54. The summed E-state index contributed by atoms with van der Waals surface area (Å²) in [6.45, 7) is 3.97. The number of fused-ring (bicyclic) bond motifs is 2. The van der Waals surface area contributed by atoms with E-state index in [4.69, 9.17) is 11.2 Å². The summed E-state index contributed by atoms with van der Waals surface area (Å²) in [5, 5.41) is 2.85. The first-order chi connectivity index (χ1) is 18.1. The first-order valence-electron chi connectivity index (χ1n) is 12.0. The fourth-order valence-electron chi connectivity index (χ4n) is 4.32. The quantitative estimate of drug-likeness (QED) is 0.326. The van der Waals surface area contributed by atoms with Gasteiger partial charge in [0.15, 0.2) is 14.6 Å². The smallest absolute Gasteiger partial charge is 0.341 e. The number of thiophene rings is 1. The average Bonchev–Trinajstić information content (AvgIpc) is 3.35. The van der Waals surface area contributed by atoms with Gasteiger partial charge in [-0.05, 0) is 62.8 Å². The van der Waals surface area contributed by atoms with E-state index in [1.807, 2.05) is 25.1 Å². The first-order valence-corrected chi connectivity index (χ1v) is 15.5. The Labute approximate surface area is 228 Å². The summed E-state index contributed by atoms with van der Waals surface area (Å²) >= 11 is 2.50. The van der Waals surface area contributed by atoms with Crippen LogP contribution in [0.2, 0.25) is 0 Å². The van der Waals surface area contributed by atoms with E-state index in [1.165, 1.54) is 22.7 Å². The minimum absolute atomic E-state index is 0.165. The van der Waals surface area contributed by atoms with E-state index in [0.29, 0.717) is 12.0 Å². The molecule has 0 radical (unpaired) electrons. The lowest BCUT2D eigenvalue weighted by Crippen LogP contribution is -2.28. The van der Waals surface area contributed by atoms with Gasteiger partial charge in [0.05, 0.1) is 28.9 Å². The van der Waals surface area contributed by atoms with E-state index >= 15 is 0 Å². The predicted octanol–water partition coefficient (Wildman–Crippen LogP) is 3.24. The highest BCUT2D eigenvalue weighted by Gasteiger charge is 2.28. The van der Waals surface area contributed by atoms with Crippen molar-refractivity contribution in [3.63, 3.8) is 0 Å². The van der Waals surface area contributed by atoms with Gasteiger partial charge in [0, 0.05) is 4.88 Å². The standard InChI is InChI=1S/C26H27N3O6S3/c1-4-12-29-18-11-10-16(3)13-20(18)37-26(29)28-22(31)15-38(33,34)14-21(30)27-24-23(25(32)35-5-2)17-8-6-7-9-19(17)36-24/h1,10-11,13H,5-9,12,14-15H2,2-3H3,(H,27,30). The second-order valence-electron chi connectivity index (χ2n) is 8.87. The summed E-state index contributed by atoms with van der Waals surface area (Å²) in [6, 6.07) is 5.72. The molecule has 0 saturated carbocycles. The molecule has 0 fully saturated rings. The number of nitrogens with zero attached hydrogens (tertiary/aromatic N) is 2. The van der Waals surface area contributed by atoms with Gasteiger partial charge in [-0.2, -0.15) is 4.99 Å². The van der Waals surface area contributed by atoms with Crippen LogP contribution in [0.1, 0.15) is 46.1 Å². The largest absolute Gasteiger partial charge is 0.462 e. The molecule has 0 aliphatic heterocycles. The highest BCUT2D eigenvalue weighted by molar-refractivity contribution is 7.92. The van der Waals surface area contributed by atoms with E-state index in [2.05, 4.69) is 16.2 Å². The molecule has 0 spiro atoms. The van der Waals surface area contributed by atoms with Crippen molar-refractivity contribution in [1.29, 1.82) is 0 Å². The maximum atomic E-state index is 12.7. The summed E-state index contributed by atoms with van der Waals surface area (Å²) in [7, 11) is -4.14. The topological polar surface area (TPSA) is 124 Å². The molecule has 9 nitrogen and oxygen atoms in total. The van der Waals surface area contributed by atoms with Crippen LogP contribution in [0.4, 0.5) is 5.00 Å². The zero-order chi connectivity index (χ0) is 27.4. The van der Waals surface area contributed by atoms with E-state index < -0.39 is 39.1 Å². The highest BCUT2D eigenvalue weighted by atomic mass is 32.2. The Bertz CT molecular complexity index is 1640. The minimum atomic E-state index is -4.14. The van der Waals surface area contributed by atoms with Crippen molar-refractivity contribution in [3.8, 4) is 12.3 Å². The van der Waals surface area contributed by atoms with Gasteiger partial charge in [-0.3, -0.25) is 9.59 Å². The molecule has 0 atom stereocenters. The van der Waals surface area contributed by atoms with Gasteiger partial charge in [-0.25, -0.2) is 13.2 Å². The molecular weight excluding hydrogens is 547 g/mol. The number of benzene rings is 1. The number of amides is 2. The minimum Gasteiger partial charge on any atom is -0.462 e.